The van der Waals surface area contributed by atoms with Gasteiger partial charge in [0.15, 0.2) is 0 Å². The zero-order valence-electron chi connectivity index (χ0n) is 21.7. The summed E-state index contributed by atoms with van der Waals surface area (Å²) in [6, 6.07) is 25.3. The zero-order valence-corrected chi connectivity index (χ0v) is 21.7. The van der Waals surface area contributed by atoms with Crippen LogP contribution in [-0.2, 0) is 0 Å². The van der Waals surface area contributed by atoms with Crippen molar-refractivity contribution in [2.75, 3.05) is 7.05 Å². The summed E-state index contributed by atoms with van der Waals surface area (Å²) < 4.78 is 8.71. The molecule has 7 rings (SSSR count). The monoisotopic (exact) mass is 496 g/mol. The third-order valence-electron chi connectivity index (χ3n) is 7.36. The lowest BCUT2D eigenvalue weighted by molar-refractivity contribution is 0.282. The molecule has 186 valence electrons. The lowest BCUT2D eigenvalue weighted by atomic mass is 10.1. The molecule has 2 aliphatic rings. The number of hydrogen-bond donors (Lipinski definition) is 0. The van der Waals surface area contributed by atoms with Crippen LogP contribution in [0.1, 0.15) is 16.7 Å². The smallest absolute Gasteiger partial charge is 0.140 e. The Morgan fingerprint density at radius 2 is 1.66 bits per heavy atom. The van der Waals surface area contributed by atoms with Crippen LogP contribution in [-0.4, -0.2) is 32.6 Å². The quantitative estimate of drug-likeness (QED) is 0.257. The highest BCUT2D eigenvalue weighted by atomic mass is 16.5. The number of rotatable bonds is 4. The number of benzene rings is 3. The van der Waals surface area contributed by atoms with Crippen LogP contribution in [0.4, 0.5) is 0 Å². The van der Waals surface area contributed by atoms with Gasteiger partial charge in [0.05, 0.1) is 16.7 Å². The molecule has 0 amide bonds. The predicted molar refractivity (Wildman–Crippen MR) is 154 cm³/mol. The average molecular weight is 497 g/mol. The summed E-state index contributed by atoms with van der Waals surface area (Å²) in [7, 11) is 2.10. The molecule has 0 fully saturated rings. The van der Waals surface area contributed by atoms with E-state index < -0.39 is 0 Å². The van der Waals surface area contributed by atoms with Crippen molar-refractivity contribution >= 4 is 27.5 Å². The molecule has 5 aromatic rings. The molecule has 1 atom stereocenters. The van der Waals surface area contributed by atoms with E-state index >= 15 is 0 Å². The third kappa shape index (κ3) is 3.58. The highest BCUT2D eigenvalue weighted by Gasteiger charge is 2.28. The summed E-state index contributed by atoms with van der Waals surface area (Å²) in [4.78, 5) is 9.32. The third-order valence-corrected chi connectivity index (χ3v) is 7.36. The molecule has 0 spiro atoms. The minimum atomic E-state index is 0.211. The van der Waals surface area contributed by atoms with Gasteiger partial charge < -0.3 is 14.5 Å². The molecular weight excluding hydrogens is 468 g/mol. The van der Waals surface area contributed by atoms with Gasteiger partial charge in [-0.15, -0.1) is 0 Å². The van der Waals surface area contributed by atoms with Crippen molar-refractivity contribution in [1.82, 2.24) is 19.4 Å². The molecule has 0 bridgehead atoms. The second-order valence-corrected chi connectivity index (χ2v) is 10.0. The number of para-hydroxylation sites is 1. The average Bonchev–Trinajstić information content (AvgIpc) is 3.44. The normalized spacial score (nSPS) is 16.4. The minimum Gasteiger partial charge on any atom is -0.457 e. The fourth-order valence-electron chi connectivity index (χ4n) is 5.64. The van der Waals surface area contributed by atoms with Crippen molar-refractivity contribution in [2.24, 2.45) is 0 Å². The highest BCUT2D eigenvalue weighted by Crippen LogP contribution is 2.37. The number of nitrogens with zero attached hydrogens (tertiary/aromatic N) is 4. The van der Waals surface area contributed by atoms with Gasteiger partial charge in [-0.2, -0.15) is 0 Å². The van der Waals surface area contributed by atoms with E-state index in [4.69, 9.17) is 9.72 Å². The molecule has 4 heterocycles. The Morgan fingerprint density at radius 3 is 2.55 bits per heavy atom. The van der Waals surface area contributed by atoms with Crippen molar-refractivity contribution in [3.05, 3.63) is 126 Å². The Kier molecular flexibility index (Phi) is 5.11. The molecule has 5 heteroatoms. The first-order valence-corrected chi connectivity index (χ1v) is 12.9. The van der Waals surface area contributed by atoms with Crippen molar-refractivity contribution in [2.45, 2.75) is 20.0 Å². The van der Waals surface area contributed by atoms with Gasteiger partial charge in [0, 0.05) is 48.0 Å². The van der Waals surface area contributed by atoms with E-state index in [9.17, 15) is 0 Å². The number of fused-ring (bicyclic) bond motifs is 4. The van der Waals surface area contributed by atoms with Gasteiger partial charge in [0.2, 0.25) is 0 Å². The Bertz CT molecular complexity index is 1810. The van der Waals surface area contributed by atoms with Crippen LogP contribution >= 0.6 is 0 Å². The summed E-state index contributed by atoms with van der Waals surface area (Å²) in [5.74, 6) is 2.54. The lowest BCUT2D eigenvalue weighted by Gasteiger charge is -2.29. The van der Waals surface area contributed by atoms with E-state index in [0.717, 1.165) is 50.7 Å². The van der Waals surface area contributed by atoms with E-state index in [2.05, 4.69) is 133 Å². The summed E-state index contributed by atoms with van der Waals surface area (Å²) in [6.07, 6.45) is 12.8. The molecule has 1 unspecified atom stereocenters. The summed E-state index contributed by atoms with van der Waals surface area (Å²) in [5.41, 5.74) is 6.78. The van der Waals surface area contributed by atoms with E-state index in [-0.39, 0.29) is 6.17 Å². The van der Waals surface area contributed by atoms with Crippen LogP contribution < -0.4 is 4.74 Å². The van der Waals surface area contributed by atoms with E-state index in [1.54, 1.807) is 0 Å². The van der Waals surface area contributed by atoms with Gasteiger partial charge in [0.25, 0.3) is 0 Å². The molecule has 5 nitrogen and oxygen atoms in total. The van der Waals surface area contributed by atoms with Crippen molar-refractivity contribution in [3.8, 4) is 17.3 Å². The van der Waals surface area contributed by atoms with E-state index in [1.807, 2.05) is 12.3 Å². The molecule has 2 aliphatic heterocycles. The van der Waals surface area contributed by atoms with E-state index in [1.165, 1.54) is 10.8 Å². The largest absolute Gasteiger partial charge is 0.457 e. The Balaban J connectivity index is 1.29. The van der Waals surface area contributed by atoms with Crippen LogP contribution in [0.5, 0.6) is 11.5 Å². The first-order valence-electron chi connectivity index (χ1n) is 12.9. The van der Waals surface area contributed by atoms with Crippen LogP contribution in [0.15, 0.2) is 110 Å². The Hall–Kier alpha value is -4.77. The number of likely N-dealkylation sites (N-methyl/N-ethyl adjacent to an activating group) is 1. The lowest BCUT2D eigenvalue weighted by Crippen LogP contribution is -2.33. The number of aromatic nitrogens is 2. The highest BCUT2D eigenvalue weighted by molar-refractivity contribution is 6.09. The van der Waals surface area contributed by atoms with Gasteiger partial charge in [-0.3, -0.25) is 4.57 Å². The second-order valence-electron chi connectivity index (χ2n) is 10.0. The SMILES string of the molecule is Cc1cnc(-n2c3ccccc3c3ccc(Oc4cccc(C5=CN(C)C6C=CC=CN56)c4)cc32)c(C)c1. The fourth-order valence-corrected chi connectivity index (χ4v) is 5.64. The topological polar surface area (TPSA) is 33.5 Å². The molecule has 38 heavy (non-hydrogen) atoms. The maximum absolute atomic E-state index is 6.46. The summed E-state index contributed by atoms with van der Waals surface area (Å²) in [6.45, 7) is 4.20. The number of aryl methyl sites for hydroxylation is 2. The molecule has 0 radical (unpaired) electrons. The van der Waals surface area contributed by atoms with Crippen LogP contribution in [0, 0.1) is 13.8 Å². The zero-order chi connectivity index (χ0) is 25.8. The Morgan fingerprint density at radius 1 is 0.816 bits per heavy atom. The van der Waals surface area contributed by atoms with Gasteiger partial charge in [0.1, 0.15) is 23.5 Å². The number of allylic oxidation sites excluding steroid dienone is 2. The molecule has 3 aromatic carbocycles. The molecule has 0 saturated heterocycles. The molecule has 0 aliphatic carbocycles. The van der Waals surface area contributed by atoms with Crippen molar-refractivity contribution in [3.63, 3.8) is 0 Å². The van der Waals surface area contributed by atoms with Crippen LogP contribution in [0.2, 0.25) is 0 Å². The summed E-state index contributed by atoms with van der Waals surface area (Å²) >= 11 is 0. The number of pyridine rings is 1. The number of hydrogen-bond acceptors (Lipinski definition) is 4. The van der Waals surface area contributed by atoms with Crippen LogP contribution in [0.25, 0.3) is 33.3 Å². The fraction of sp³-hybridized carbons (Fsp3) is 0.121. The second kappa shape index (κ2) is 8.67. The molecule has 0 N–H and O–H groups in total. The maximum Gasteiger partial charge on any atom is 0.140 e. The van der Waals surface area contributed by atoms with Gasteiger partial charge in [-0.25, -0.2) is 4.98 Å². The molecular formula is C33H28N4O. The standard InChI is InChI=1S/C33H28N4O/c1-22-17-23(2)33(34-20-22)37-29-12-5-4-11-27(29)28-15-14-26(19-30(28)37)38-25-10-8-9-24(18-25)31-21-35(3)32-13-6-7-16-36(31)32/h4-21,32H,1-3H3. The number of ether oxygens (including phenoxy) is 1. The van der Waals surface area contributed by atoms with Gasteiger partial charge in [-0.1, -0.05) is 42.5 Å². The maximum atomic E-state index is 6.46. The Labute approximate surface area is 222 Å². The first kappa shape index (κ1) is 22.4. The predicted octanol–water partition coefficient (Wildman–Crippen LogP) is 7.54. The molecule has 2 aromatic heterocycles. The molecule has 0 saturated carbocycles. The van der Waals surface area contributed by atoms with Gasteiger partial charge >= 0.3 is 0 Å². The van der Waals surface area contributed by atoms with Gasteiger partial charge in [-0.05, 0) is 67.5 Å². The minimum absolute atomic E-state index is 0.211. The van der Waals surface area contributed by atoms with Crippen LogP contribution in [0.3, 0.4) is 0 Å². The summed E-state index contributed by atoms with van der Waals surface area (Å²) in [5, 5.41) is 2.38. The van der Waals surface area contributed by atoms with E-state index in [0.29, 0.717) is 0 Å². The van der Waals surface area contributed by atoms with Crippen molar-refractivity contribution < 1.29 is 4.74 Å². The van der Waals surface area contributed by atoms with Crippen molar-refractivity contribution in [1.29, 1.82) is 0 Å². The first-order chi connectivity index (χ1) is 18.6.